The Bertz CT molecular complexity index is 1070. The van der Waals surface area contributed by atoms with Gasteiger partial charge in [-0.3, -0.25) is 0 Å². The van der Waals surface area contributed by atoms with Gasteiger partial charge >= 0.3 is 0 Å². The molecule has 3 aromatic rings. The predicted octanol–water partition coefficient (Wildman–Crippen LogP) is 1.91. The number of hydrogen-bond donors (Lipinski definition) is 2. The van der Waals surface area contributed by atoms with Crippen molar-refractivity contribution in [2.75, 3.05) is 11.6 Å². The lowest BCUT2D eigenvalue weighted by Gasteiger charge is -2.26. The smallest absolute Gasteiger partial charge is 0.192 e. The molecule has 1 aliphatic rings. The first kappa shape index (κ1) is 17.9. The van der Waals surface area contributed by atoms with E-state index in [4.69, 9.17) is 0 Å². The van der Waals surface area contributed by atoms with Gasteiger partial charge in [0.05, 0.1) is 18.0 Å². The second-order valence-corrected chi connectivity index (χ2v) is 8.90. The summed E-state index contributed by atoms with van der Waals surface area (Å²) in [6, 6.07) is 7.30. The van der Waals surface area contributed by atoms with Crippen LogP contribution in [0.4, 0.5) is 5.82 Å². The van der Waals surface area contributed by atoms with Crippen LogP contribution in [0.5, 0.6) is 0 Å². The first-order valence-electron chi connectivity index (χ1n) is 8.86. The summed E-state index contributed by atoms with van der Waals surface area (Å²) in [6.07, 6.45) is 7.47. The lowest BCUT2D eigenvalue weighted by molar-refractivity contribution is 0.126. The van der Waals surface area contributed by atoms with Crippen LogP contribution in [0.25, 0.3) is 16.9 Å². The van der Waals surface area contributed by atoms with Crippen molar-refractivity contribution >= 4 is 21.3 Å². The number of imidazole rings is 1. The minimum Gasteiger partial charge on any atom is -0.393 e. The third-order valence-electron chi connectivity index (χ3n) is 4.82. The molecule has 3 heterocycles. The third-order valence-corrected chi connectivity index (χ3v) is 5.80. The largest absolute Gasteiger partial charge is 0.393 e. The van der Waals surface area contributed by atoms with Crippen LogP contribution >= 0.6 is 0 Å². The minimum absolute atomic E-state index is 0.0185. The summed E-state index contributed by atoms with van der Waals surface area (Å²) in [5, 5.41) is 17.7. The maximum absolute atomic E-state index is 11.8. The van der Waals surface area contributed by atoms with E-state index >= 15 is 0 Å². The molecule has 0 unspecified atom stereocenters. The maximum Gasteiger partial charge on any atom is 0.192 e. The first-order valence-corrected chi connectivity index (χ1v) is 10.8. The van der Waals surface area contributed by atoms with E-state index in [1.807, 2.05) is 12.1 Å². The van der Waals surface area contributed by atoms with Crippen LogP contribution in [0.2, 0.25) is 0 Å². The van der Waals surface area contributed by atoms with Gasteiger partial charge in [-0.05, 0) is 49.9 Å². The van der Waals surface area contributed by atoms with Gasteiger partial charge in [0.15, 0.2) is 20.5 Å². The monoisotopic (exact) mass is 387 g/mol. The summed E-state index contributed by atoms with van der Waals surface area (Å²) < 4.78 is 25.3. The molecule has 1 saturated carbocycles. The molecular formula is C18H21N5O3S. The van der Waals surface area contributed by atoms with Gasteiger partial charge in [-0.25, -0.2) is 22.9 Å². The van der Waals surface area contributed by atoms with Gasteiger partial charge < -0.3 is 10.4 Å². The lowest BCUT2D eigenvalue weighted by Crippen LogP contribution is -2.28. The Hall–Kier alpha value is -2.52. The Kier molecular flexibility index (Phi) is 4.56. The van der Waals surface area contributed by atoms with Gasteiger partial charge in [0.2, 0.25) is 0 Å². The van der Waals surface area contributed by atoms with Crippen LogP contribution < -0.4 is 5.32 Å². The molecule has 0 spiro atoms. The van der Waals surface area contributed by atoms with Crippen molar-refractivity contribution in [1.29, 1.82) is 0 Å². The average molecular weight is 387 g/mol. The summed E-state index contributed by atoms with van der Waals surface area (Å²) >= 11 is 0. The number of nitrogens with zero attached hydrogens (tertiary/aromatic N) is 4. The molecule has 0 amide bonds. The zero-order valence-corrected chi connectivity index (χ0v) is 15.7. The van der Waals surface area contributed by atoms with Gasteiger partial charge in [-0.15, -0.1) is 5.10 Å². The zero-order chi connectivity index (χ0) is 19.0. The number of aromatic nitrogens is 4. The SMILES string of the molecule is CS(=O)(=O)c1cc(-c2cnc3ccc(NC4CCC(O)CC4)nn23)ccn1. The van der Waals surface area contributed by atoms with E-state index in [0.29, 0.717) is 16.9 Å². The Morgan fingerprint density at radius 2 is 1.93 bits per heavy atom. The molecule has 2 N–H and O–H groups in total. The first-order chi connectivity index (χ1) is 12.9. The lowest BCUT2D eigenvalue weighted by atomic mass is 9.93. The van der Waals surface area contributed by atoms with E-state index in [-0.39, 0.29) is 17.2 Å². The van der Waals surface area contributed by atoms with Crippen molar-refractivity contribution in [2.45, 2.75) is 42.9 Å². The van der Waals surface area contributed by atoms with Crippen LogP contribution in [0.1, 0.15) is 25.7 Å². The highest BCUT2D eigenvalue weighted by Crippen LogP contribution is 2.24. The molecular weight excluding hydrogens is 366 g/mol. The molecule has 0 aromatic carbocycles. The maximum atomic E-state index is 11.8. The molecule has 4 rings (SSSR count). The van der Waals surface area contributed by atoms with Crippen LogP contribution in [0, 0.1) is 0 Å². The normalized spacial score (nSPS) is 20.7. The summed E-state index contributed by atoms with van der Waals surface area (Å²) in [4.78, 5) is 8.29. The van der Waals surface area contributed by atoms with E-state index in [1.165, 1.54) is 12.3 Å². The van der Waals surface area contributed by atoms with Crippen molar-refractivity contribution < 1.29 is 13.5 Å². The van der Waals surface area contributed by atoms with Gasteiger partial charge in [0.25, 0.3) is 0 Å². The summed E-state index contributed by atoms with van der Waals surface area (Å²) in [5.74, 6) is 0.723. The fourth-order valence-electron chi connectivity index (χ4n) is 3.35. The fourth-order valence-corrected chi connectivity index (χ4v) is 3.94. The highest BCUT2D eigenvalue weighted by molar-refractivity contribution is 7.90. The molecule has 0 saturated heterocycles. The Morgan fingerprint density at radius 3 is 2.67 bits per heavy atom. The standard InChI is InChI=1S/C18H21N5O3S/c1-27(25,26)18-10-12(8-9-19-18)15-11-20-17-7-6-16(22-23(15)17)21-13-2-4-14(24)5-3-13/h6-11,13-14,24H,2-5H2,1H3,(H,21,22). The summed E-state index contributed by atoms with van der Waals surface area (Å²) in [7, 11) is -3.40. The molecule has 8 nitrogen and oxygen atoms in total. The van der Waals surface area contributed by atoms with Gasteiger partial charge in [-0.1, -0.05) is 0 Å². The number of fused-ring (bicyclic) bond motifs is 1. The predicted molar refractivity (Wildman–Crippen MR) is 101 cm³/mol. The average Bonchev–Trinajstić information content (AvgIpc) is 3.06. The van der Waals surface area contributed by atoms with Crippen LogP contribution in [0.3, 0.4) is 0 Å². The Morgan fingerprint density at radius 1 is 1.15 bits per heavy atom. The molecule has 9 heteroatoms. The molecule has 142 valence electrons. The summed E-state index contributed by atoms with van der Waals surface area (Å²) in [6.45, 7) is 0. The molecule has 0 radical (unpaired) electrons. The fraction of sp³-hybridized carbons (Fsp3) is 0.389. The quantitative estimate of drug-likeness (QED) is 0.704. The molecule has 0 bridgehead atoms. The molecule has 0 atom stereocenters. The third kappa shape index (κ3) is 3.79. The number of pyridine rings is 1. The number of rotatable bonds is 4. The van der Waals surface area contributed by atoms with Crippen LogP contribution in [0.15, 0.2) is 41.7 Å². The number of aliphatic hydroxyl groups excluding tert-OH is 1. The highest BCUT2D eigenvalue weighted by Gasteiger charge is 2.20. The van der Waals surface area contributed by atoms with E-state index in [0.717, 1.165) is 37.8 Å². The second-order valence-electron chi connectivity index (χ2n) is 6.94. The van der Waals surface area contributed by atoms with E-state index < -0.39 is 9.84 Å². The van der Waals surface area contributed by atoms with E-state index in [2.05, 4.69) is 20.4 Å². The van der Waals surface area contributed by atoms with Crippen molar-refractivity contribution in [1.82, 2.24) is 19.6 Å². The molecule has 0 aliphatic heterocycles. The van der Waals surface area contributed by atoms with Crippen molar-refractivity contribution in [3.63, 3.8) is 0 Å². The topological polar surface area (TPSA) is 109 Å². The minimum atomic E-state index is -3.40. The molecule has 27 heavy (non-hydrogen) atoms. The highest BCUT2D eigenvalue weighted by atomic mass is 32.2. The molecule has 3 aromatic heterocycles. The van der Waals surface area contributed by atoms with E-state index in [9.17, 15) is 13.5 Å². The molecule has 1 aliphatic carbocycles. The summed E-state index contributed by atoms with van der Waals surface area (Å²) in [5.41, 5.74) is 2.05. The number of anilines is 1. The van der Waals surface area contributed by atoms with Crippen molar-refractivity contribution in [2.24, 2.45) is 0 Å². The van der Waals surface area contributed by atoms with E-state index in [1.54, 1.807) is 16.8 Å². The van der Waals surface area contributed by atoms with Gasteiger partial charge in [0, 0.05) is 24.1 Å². The van der Waals surface area contributed by atoms with Crippen LogP contribution in [-0.2, 0) is 9.84 Å². The second kappa shape index (κ2) is 6.90. The van der Waals surface area contributed by atoms with Gasteiger partial charge in [-0.2, -0.15) is 0 Å². The van der Waals surface area contributed by atoms with Crippen molar-refractivity contribution in [3.05, 3.63) is 36.7 Å². The van der Waals surface area contributed by atoms with Crippen molar-refractivity contribution in [3.8, 4) is 11.3 Å². The molecule has 1 fully saturated rings. The van der Waals surface area contributed by atoms with Crippen LogP contribution in [-0.4, -0.2) is 51.5 Å². The number of nitrogens with one attached hydrogen (secondary N) is 1. The Labute approximate surface area is 157 Å². The number of sulfone groups is 1. The Balaban J connectivity index is 1.67. The van der Waals surface area contributed by atoms with Gasteiger partial charge in [0.1, 0.15) is 5.82 Å². The zero-order valence-electron chi connectivity index (χ0n) is 14.9. The number of aliphatic hydroxyl groups is 1. The number of hydrogen-bond acceptors (Lipinski definition) is 7.